The van der Waals surface area contributed by atoms with Gasteiger partial charge in [0.2, 0.25) is 0 Å². The van der Waals surface area contributed by atoms with E-state index in [1.54, 1.807) is 6.92 Å². The van der Waals surface area contributed by atoms with E-state index in [1.165, 1.54) is 21.8 Å². The van der Waals surface area contributed by atoms with E-state index in [0.717, 1.165) is 11.3 Å². The van der Waals surface area contributed by atoms with Gasteiger partial charge in [0.25, 0.3) is 5.91 Å². The van der Waals surface area contributed by atoms with Crippen LogP contribution < -0.4 is 5.32 Å². The topological polar surface area (TPSA) is 55.4 Å². The molecule has 0 spiro atoms. The van der Waals surface area contributed by atoms with Gasteiger partial charge in [0.05, 0.1) is 11.5 Å². The van der Waals surface area contributed by atoms with Crippen molar-refractivity contribution in [2.45, 2.75) is 40.0 Å². The minimum absolute atomic E-state index is 0.0586. The van der Waals surface area contributed by atoms with E-state index in [9.17, 15) is 9.59 Å². The van der Waals surface area contributed by atoms with Crippen LogP contribution in [0.15, 0.2) is 6.07 Å². The fourth-order valence-corrected chi connectivity index (χ4v) is 2.77. The standard InChI is InChI=1S/C14H21NO3S/c1-4-11-9-12(19-10(11)3)14(17)15-8-6-7-13(16)18-5-2/h9H,4-8H2,1-3H3,(H,15,17). The molecule has 0 fully saturated rings. The smallest absolute Gasteiger partial charge is 0.305 e. The van der Waals surface area contributed by atoms with Crippen LogP contribution in [0.1, 0.15) is 46.8 Å². The molecule has 0 unspecified atom stereocenters. The summed E-state index contributed by atoms with van der Waals surface area (Å²) in [6.45, 7) is 6.79. The van der Waals surface area contributed by atoms with Crippen LogP contribution in [-0.4, -0.2) is 25.0 Å². The van der Waals surface area contributed by atoms with E-state index in [1.807, 2.05) is 13.0 Å². The first-order valence-electron chi connectivity index (χ1n) is 6.61. The van der Waals surface area contributed by atoms with Gasteiger partial charge in [-0.3, -0.25) is 9.59 Å². The van der Waals surface area contributed by atoms with Crippen LogP contribution in [0.3, 0.4) is 0 Å². The second-order valence-corrected chi connectivity index (χ2v) is 5.47. The molecule has 0 aromatic carbocycles. The maximum Gasteiger partial charge on any atom is 0.305 e. The van der Waals surface area contributed by atoms with Gasteiger partial charge in [-0.2, -0.15) is 0 Å². The molecule has 1 amide bonds. The van der Waals surface area contributed by atoms with Gasteiger partial charge in [-0.1, -0.05) is 6.92 Å². The molecule has 1 rings (SSSR count). The summed E-state index contributed by atoms with van der Waals surface area (Å²) in [4.78, 5) is 24.9. The third kappa shape index (κ3) is 5.03. The third-order valence-electron chi connectivity index (χ3n) is 2.77. The molecule has 1 heterocycles. The lowest BCUT2D eigenvalue weighted by Crippen LogP contribution is -2.24. The first kappa shape index (κ1) is 15.7. The molecule has 0 aliphatic heterocycles. The molecule has 106 valence electrons. The average Bonchev–Trinajstić information content (AvgIpc) is 2.76. The van der Waals surface area contributed by atoms with Crippen LogP contribution in [0.5, 0.6) is 0 Å². The number of aryl methyl sites for hydroxylation is 2. The molecule has 0 saturated carbocycles. The molecule has 4 nitrogen and oxygen atoms in total. The second-order valence-electron chi connectivity index (χ2n) is 4.21. The summed E-state index contributed by atoms with van der Waals surface area (Å²) in [5, 5.41) is 2.82. The van der Waals surface area contributed by atoms with Crippen molar-refractivity contribution in [3.8, 4) is 0 Å². The fourth-order valence-electron chi connectivity index (χ4n) is 1.74. The van der Waals surface area contributed by atoms with E-state index in [0.29, 0.717) is 26.0 Å². The first-order chi connectivity index (χ1) is 9.08. The zero-order valence-electron chi connectivity index (χ0n) is 11.7. The number of carbonyl (C=O) groups excluding carboxylic acids is 2. The van der Waals surface area contributed by atoms with Gasteiger partial charge in [-0.25, -0.2) is 0 Å². The average molecular weight is 283 g/mol. The van der Waals surface area contributed by atoms with Gasteiger partial charge < -0.3 is 10.1 Å². The SMILES string of the molecule is CCOC(=O)CCCNC(=O)c1cc(CC)c(C)s1. The summed E-state index contributed by atoms with van der Waals surface area (Å²) >= 11 is 1.52. The Morgan fingerprint density at radius 1 is 1.37 bits per heavy atom. The number of thiophene rings is 1. The second kappa shape index (κ2) is 7.94. The molecule has 0 aliphatic carbocycles. The van der Waals surface area contributed by atoms with Crippen LogP contribution in [-0.2, 0) is 16.0 Å². The summed E-state index contributed by atoms with van der Waals surface area (Å²) in [6, 6.07) is 1.95. The molecular formula is C14H21NO3S. The number of nitrogens with one attached hydrogen (secondary N) is 1. The lowest BCUT2D eigenvalue weighted by molar-refractivity contribution is -0.143. The zero-order valence-corrected chi connectivity index (χ0v) is 12.6. The quantitative estimate of drug-likeness (QED) is 0.618. The van der Waals surface area contributed by atoms with E-state index in [-0.39, 0.29) is 11.9 Å². The summed E-state index contributed by atoms with van der Waals surface area (Å²) < 4.78 is 4.82. The van der Waals surface area contributed by atoms with Crippen molar-refractivity contribution < 1.29 is 14.3 Å². The predicted octanol–water partition coefficient (Wildman–Crippen LogP) is 2.69. The monoisotopic (exact) mass is 283 g/mol. The molecule has 1 aromatic heterocycles. The Balaban J connectivity index is 2.33. The van der Waals surface area contributed by atoms with Crippen LogP contribution >= 0.6 is 11.3 Å². The van der Waals surface area contributed by atoms with Gasteiger partial charge in [0.1, 0.15) is 0 Å². The van der Waals surface area contributed by atoms with E-state index < -0.39 is 0 Å². The molecule has 0 saturated heterocycles. The highest BCUT2D eigenvalue weighted by Gasteiger charge is 2.11. The van der Waals surface area contributed by atoms with Crippen molar-refractivity contribution in [1.29, 1.82) is 0 Å². The van der Waals surface area contributed by atoms with Crippen LogP contribution in [0, 0.1) is 6.92 Å². The van der Waals surface area contributed by atoms with Crippen molar-refractivity contribution in [2.24, 2.45) is 0 Å². The Morgan fingerprint density at radius 3 is 2.68 bits per heavy atom. The van der Waals surface area contributed by atoms with Crippen molar-refractivity contribution in [2.75, 3.05) is 13.2 Å². The lowest BCUT2D eigenvalue weighted by atomic mass is 10.2. The number of carbonyl (C=O) groups is 2. The predicted molar refractivity (Wildman–Crippen MR) is 76.6 cm³/mol. The van der Waals surface area contributed by atoms with Crippen molar-refractivity contribution in [1.82, 2.24) is 5.32 Å². The van der Waals surface area contributed by atoms with Crippen molar-refractivity contribution in [3.05, 3.63) is 21.4 Å². The molecule has 0 aliphatic rings. The minimum atomic E-state index is -0.211. The lowest BCUT2D eigenvalue weighted by Gasteiger charge is -2.03. The zero-order chi connectivity index (χ0) is 14.3. The number of ether oxygens (including phenoxy) is 1. The Hall–Kier alpha value is -1.36. The van der Waals surface area contributed by atoms with Crippen molar-refractivity contribution >= 4 is 23.2 Å². The van der Waals surface area contributed by atoms with Gasteiger partial charge in [-0.15, -0.1) is 11.3 Å². The molecule has 19 heavy (non-hydrogen) atoms. The fraction of sp³-hybridized carbons (Fsp3) is 0.571. The Bertz CT molecular complexity index is 440. The summed E-state index contributed by atoms with van der Waals surface area (Å²) in [5.41, 5.74) is 1.22. The van der Waals surface area contributed by atoms with Gasteiger partial charge in [-0.05, 0) is 38.3 Å². The largest absolute Gasteiger partial charge is 0.466 e. The maximum atomic E-state index is 11.9. The molecule has 1 aromatic rings. The highest BCUT2D eigenvalue weighted by Crippen LogP contribution is 2.21. The third-order valence-corrected chi connectivity index (χ3v) is 3.87. The van der Waals surface area contributed by atoms with Crippen LogP contribution in [0.25, 0.3) is 0 Å². The van der Waals surface area contributed by atoms with E-state index in [2.05, 4.69) is 12.2 Å². The molecule has 0 bridgehead atoms. The highest BCUT2D eigenvalue weighted by atomic mass is 32.1. The molecule has 0 atom stereocenters. The molecular weight excluding hydrogens is 262 g/mol. The number of amides is 1. The minimum Gasteiger partial charge on any atom is -0.466 e. The maximum absolute atomic E-state index is 11.9. The summed E-state index contributed by atoms with van der Waals surface area (Å²) in [6.07, 6.45) is 1.89. The summed E-state index contributed by atoms with van der Waals surface area (Å²) in [5.74, 6) is -0.270. The number of hydrogen-bond acceptors (Lipinski definition) is 4. The van der Waals surface area contributed by atoms with Gasteiger partial charge >= 0.3 is 5.97 Å². The molecule has 5 heteroatoms. The van der Waals surface area contributed by atoms with Crippen LogP contribution in [0.2, 0.25) is 0 Å². The summed E-state index contributed by atoms with van der Waals surface area (Å²) in [7, 11) is 0. The highest BCUT2D eigenvalue weighted by molar-refractivity contribution is 7.14. The number of hydrogen-bond donors (Lipinski definition) is 1. The van der Waals surface area contributed by atoms with Gasteiger partial charge in [0.15, 0.2) is 0 Å². The van der Waals surface area contributed by atoms with E-state index >= 15 is 0 Å². The van der Waals surface area contributed by atoms with E-state index in [4.69, 9.17) is 4.74 Å². The first-order valence-corrected chi connectivity index (χ1v) is 7.43. The van der Waals surface area contributed by atoms with Gasteiger partial charge in [0, 0.05) is 17.8 Å². The Kier molecular flexibility index (Phi) is 6.56. The van der Waals surface area contributed by atoms with Crippen molar-refractivity contribution in [3.63, 3.8) is 0 Å². The normalized spacial score (nSPS) is 10.3. The molecule has 1 N–H and O–H groups in total. The molecule has 0 radical (unpaired) electrons. The number of esters is 1. The van der Waals surface area contributed by atoms with Crippen LogP contribution in [0.4, 0.5) is 0 Å². The Morgan fingerprint density at radius 2 is 2.11 bits per heavy atom. The number of rotatable bonds is 7. The Labute approximate surface area is 118 Å².